The number of hydrogen-bond acceptors (Lipinski definition) is 8. The van der Waals surface area contributed by atoms with Gasteiger partial charge in [0.05, 0.1) is 12.2 Å². The van der Waals surface area contributed by atoms with E-state index in [0.29, 0.717) is 6.16 Å². The second-order valence-corrected chi connectivity index (χ2v) is 9.84. The van der Waals surface area contributed by atoms with E-state index in [2.05, 4.69) is 9.05 Å². The molecule has 0 aliphatic heterocycles. The Morgan fingerprint density at radius 1 is 0.808 bits per heavy atom. The molecule has 8 nitrogen and oxygen atoms in total. The van der Waals surface area contributed by atoms with Gasteiger partial charge in [-0.2, -0.15) is 0 Å². The van der Waals surface area contributed by atoms with Crippen molar-refractivity contribution in [3.05, 3.63) is 0 Å². The SMILES string of the molecule is C.CCC(C)O.CCC(C)OCP(=O)(OC)OC.CCP(=O)(OC)OC. The minimum absolute atomic E-state index is 0. The summed E-state index contributed by atoms with van der Waals surface area (Å²) in [5.41, 5.74) is 0. The second kappa shape index (κ2) is 20.0. The molecule has 0 aromatic carbocycles. The van der Waals surface area contributed by atoms with Crippen LogP contribution in [-0.4, -0.2) is 58.3 Å². The molecule has 0 amide bonds. The molecule has 0 aliphatic carbocycles. The first-order chi connectivity index (χ1) is 11.5. The highest BCUT2D eigenvalue weighted by Crippen LogP contribution is 2.46. The third kappa shape index (κ3) is 20.5. The lowest BCUT2D eigenvalue weighted by atomic mass is 10.3. The van der Waals surface area contributed by atoms with Crippen LogP contribution in [0.4, 0.5) is 0 Å². The Morgan fingerprint density at radius 3 is 1.31 bits per heavy atom. The maximum Gasteiger partial charge on any atom is 0.355 e. The molecular formula is C16H42O8P2. The van der Waals surface area contributed by atoms with Gasteiger partial charge >= 0.3 is 15.2 Å². The molecule has 0 fully saturated rings. The topological polar surface area (TPSA) is 101 Å². The summed E-state index contributed by atoms with van der Waals surface area (Å²) in [4.78, 5) is 0. The Hall–Kier alpha value is 0.220. The Bertz CT molecular complexity index is 350. The fourth-order valence-electron chi connectivity index (χ4n) is 0.849. The number of hydrogen-bond donors (Lipinski definition) is 1. The third-order valence-corrected chi connectivity index (χ3v) is 6.65. The van der Waals surface area contributed by atoms with E-state index >= 15 is 0 Å². The molecule has 0 radical (unpaired) electrons. The second-order valence-electron chi connectivity index (χ2n) is 5.04. The van der Waals surface area contributed by atoms with Crippen molar-refractivity contribution in [1.82, 2.24) is 0 Å². The zero-order valence-corrected chi connectivity index (χ0v) is 19.0. The molecular weight excluding hydrogens is 382 g/mol. The first-order valence-electron chi connectivity index (χ1n) is 8.24. The van der Waals surface area contributed by atoms with Crippen molar-refractivity contribution in [2.75, 3.05) is 40.9 Å². The lowest BCUT2D eigenvalue weighted by Gasteiger charge is -2.16. The number of rotatable bonds is 10. The average Bonchev–Trinajstić information content (AvgIpc) is 2.65. The Kier molecular flexibility index (Phi) is 25.9. The van der Waals surface area contributed by atoms with Crippen molar-refractivity contribution < 1.29 is 37.1 Å². The van der Waals surface area contributed by atoms with Crippen molar-refractivity contribution in [1.29, 1.82) is 0 Å². The molecule has 0 saturated carbocycles. The van der Waals surface area contributed by atoms with Crippen LogP contribution < -0.4 is 0 Å². The van der Waals surface area contributed by atoms with Gasteiger partial charge in [-0.05, 0) is 26.7 Å². The van der Waals surface area contributed by atoms with E-state index in [1.165, 1.54) is 28.4 Å². The van der Waals surface area contributed by atoms with E-state index < -0.39 is 15.2 Å². The molecule has 164 valence electrons. The van der Waals surface area contributed by atoms with Crippen LogP contribution in [0.3, 0.4) is 0 Å². The Labute approximate surface area is 161 Å². The Morgan fingerprint density at radius 2 is 1.15 bits per heavy atom. The fraction of sp³-hybridized carbons (Fsp3) is 1.00. The third-order valence-electron chi connectivity index (χ3n) is 3.18. The minimum atomic E-state index is -2.97. The molecule has 0 aromatic rings. The van der Waals surface area contributed by atoms with E-state index in [9.17, 15) is 9.13 Å². The lowest BCUT2D eigenvalue weighted by Crippen LogP contribution is -2.09. The van der Waals surface area contributed by atoms with Crippen LogP contribution in [0, 0.1) is 0 Å². The van der Waals surface area contributed by atoms with E-state index in [1.807, 2.05) is 20.8 Å². The van der Waals surface area contributed by atoms with Crippen molar-refractivity contribution in [2.24, 2.45) is 0 Å². The summed E-state index contributed by atoms with van der Waals surface area (Å²) in [6, 6.07) is 0. The van der Waals surface area contributed by atoms with E-state index in [0.717, 1.165) is 12.8 Å². The molecule has 2 atom stereocenters. The summed E-state index contributed by atoms with van der Waals surface area (Å²) in [7, 11) is -0.164. The highest BCUT2D eigenvalue weighted by Gasteiger charge is 2.21. The van der Waals surface area contributed by atoms with Gasteiger partial charge in [-0.25, -0.2) is 0 Å². The monoisotopic (exact) mass is 424 g/mol. The van der Waals surface area contributed by atoms with Crippen molar-refractivity contribution >= 4 is 15.2 Å². The molecule has 0 aliphatic rings. The summed E-state index contributed by atoms with van der Waals surface area (Å²) >= 11 is 0. The standard InChI is InChI=1S/C7H17O4P.C4H11O3P.C4H10O.CH4/c1-5-7(2)11-6-12(8,9-3)10-4;1-4-8(5,6-2)7-3;1-3-4(2)5;/h7H,5-6H2,1-4H3;4H2,1-3H3;4-5H,3H2,1-2H3;1H4. The summed E-state index contributed by atoms with van der Waals surface area (Å²) < 4.78 is 46.0. The van der Waals surface area contributed by atoms with Crippen LogP contribution >= 0.6 is 15.2 Å². The summed E-state index contributed by atoms with van der Waals surface area (Å²) in [6.07, 6.45) is 2.17. The quantitative estimate of drug-likeness (QED) is 0.481. The van der Waals surface area contributed by atoms with Crippen LogP contribution in [0.5, 0.6) is 0 Å². The highest BCUT2D eigenvalue weighted by atomic mass is 31.2. The summed E-state index contributed by atoms with van der Waals surface area (Å²) in [5, 5.41) is 8.36. The Balaban J connectivity index is -0.000000150. The molecule has 0 heterocycles. The molecule has 2 unspecified atom stereocenters. The van der Waals surface area contributed by atoms with Gasteiger partial charge in [-0.1, -0.05) is 28.2 Å². The molecule has 0 aromatic heterocycles. The number of aliphatic hydroxyl groups excluding tert-OH is 1. The van der Waals surface area contributed by atoms with Crippen LogP contribution in [0.25, 0.3) is 0 Å². The van der Waals surface area contributed by atoms with Crippen molar-refractivity contribution in [3.63, 3.8) is 0 Å². The van der Waals surface area contributed by atoms with Gasteiger partial charge in [0.25, 0.3) is 0 Å². The smallest absolute Gasteiger partial charge is 0.355 e. The van der Waals surface area contributed by atoms with Gasteiger partial charge < -0.3 is 27.9 Å². The van der Waals surface area contributed by atoms with Crippen LogP contribution in [0.1, 0.15) is 54.9 Å². The first kappa shape index (κ1) is 33.8. The van der Waals surface area contributed by atoms with Crippen LogP contribution in [0.2, 0.25) is 0 Å². The summed E-state index contributed by atoms with van der Waals surface area (Å²) in [6.45, 7) is 9.39. The average molecular weight is 424 g/mol. The summed E-state index contributed by atoms with van der Waals surface area (Å²) in [5.74, 6) is 0. The van der Waals surface area contributed by atoms with Gasteiger partial charge in [0.15, 0.2) is 0 Å². The van der Waals surface area contributed by atoms with Crippen molar-refractivity contribution in [3.8, 4) is 0 Å². The lowest BCUT2D eigenvalue weighted by molar-refractivity contribution is 0.0806. The predicted molar refractivity (Wildman–Crippen MR) is 108 cm³/mol. The normalized spacial score (nSPS) is 13.3. The molecule has 0 rings (SSSR count). The van der Waals surface area contributed by atoms with Gasteiger partial charge in [0.1, 0.15) is 6.35 Å². The molecule has 0 bridgehead atoms. The largest absolute Gasteiger partial charge is 0.393 e. The first-order valence-corrected chi connectivity index (χ1v) is 11.7. The zero-order valence-electron chi connectivity index (χ0n) is 17.2. The molecule has 0 saturated heterocycles. The van der Waals surface area contributed by atoms with Gasteiger partial charge in [-0.15, -0.1) is 0 Å². The maximum atomic E-state index is 11.4. The van der Waals surface area contributed by atoms with E-state index in [1.54, 1.807) is 13.8 Å². The number of ether oxygens (including phenoxy) is 1. The highest BCUT2D eigenvalue weighted by molar-refractivity contribution is 7.53. The van der Waals surface area contributed by atoms with E-state index in [-0.39, 0.29) is 26.0 Å². The molecule has 10 heteroatoms. The maximum absolute atomic E-state index is 11.4. The van der Waals surface area contributed by atoms with Crippen molar-refractivity contribution in [2.45, 2.75) is 67.1 Å². The van der Waals surface area contributed by atoms with E-state index in [4.69, 9.17) is 18.9 Å². The van der Waals surface area contributed by atoms with Crippen LogP contribution in [0.15, 0.2) is 0 Å². The fourth-order valence-corrected chi connectivity index (χ4v) is 2.31. The predicted octanol–water partition coefficient (Wildman–Crippen LogP) is 5.15. The van der Waals surface area contributed by atoms with Gasteiger partial charge in [-0.3, -0.25) is 9.13 Å². The van der Waals surface area contributed by atoms with Gasteiger partial charge in [0, 0.05) is 34.6 Å². The molecule has 0 spiro atoms. The zero-order chi connectivity index (χ0) is 20.5. The van der Waals surface area contributed by atoms with Gasteiger partial charge in [0.2, 0.25) is 0 Å². The molecule has 26 heavy (non-hydrogen) atoms. The minimum Gasteiger partial charge on any atom is -0.393 e. The number of aliphatic hydroxyl groups is 1. The molecule has 1 N–H and O–H groups in total. The van der Waals surface area contributed by atoms with Crippen LogP contribution in [-0.2, 0) is 32.0 Å².